The summed E-state index contributed by atoms with van der Waals surface area (Å²) in [6, 6.07) is 9.69. The van der Waals surface area contributed by atoms with E-state index >= 15 is 0 Å². The molecule has 0 saturated carbocycles. The van der Waals surface area contributed by atoms with Crippen LogP contribution in [0.3, 0.4) is 0 Å². The van der Waals surface area contributed by atoms with Gasteiger partial charge in [-0.3, -0.25) is 5.10 Å². The Hall–Kier alpha value is -4.79. The van der Waals surface area contributed by atoms with Crippen LogP contribution in [0.25, 0.3) is 27.8 Å². The van der Waals surface area contributed by atoms with E-state index in [9.17, 15) is 0 Å². The minimum absolute atomic E-state index is 0.206. The molecule has 4 aromatic heterocycles. The Morgan fingerprint density at radius 3 is 2.67 bits per heavy atom. The Morgan fingerprint density at radius 2 is 1.90 bits per heavy atom. The molecule has 1 N–H and O–H groups in total. The monoisotopic (exact) mass is 396 g/mol. The van der Waals surface area contributed by atoms with Gasteiger partial charge in [0, 0.05) is 5.56 Å². The molecule has 0 unspecified atom stereocenters. The first-order chi connectivity index (χ1) is 14.8. The van der Waals surface area contributed by atoms with Gasteiger partial charge in [-0.2, -0.15) is 34.5 Å². The largest absolute Gasteiger partial charge is 0.257 e. The van der Waals surface area contributed by atoms with Gasteiger partial charge < -0.3 is 0 Å². The Kier molecular flexibility index (Phi) is 4.03. The van der Waals surface area contributed by atoms with E-state index in [1.807, 2.05) is 37.3 Å². The minimum Gasteiger partial charge on any atom is -0.257 e. The number of H-pyrrole nitrogens is 1. The number of azo groups is 1. The van der Waals surface area contributed by atoms with Crippen LogP contribution in [-0.4, -0.2) is 44.5 Å². The van der Waals surface area contributed by atoms with Crippen molar-refractivity contribution in [2.75, 3.05) is 0 Å². The van der Waals surface area contributed by atoms with Crippen molar-refractivity contribution in [1.82, 2.24) is 44.5 Å². The highest BCUT2D eigenvalue weighted by Gasteiger charge is 2.18. The highest BCUT2D eigenvalue weighted by atomic mass is 15.4. The number of nitrogens with zero attached hydrogens (tertiary/aromatic N) is 11. The zero-order valence-electron chi connectivity index (χ0n) is 15.5. The van der Waals surface area contributed by atoms with Crippen molar-refractivity contribution < 1.29 is 0 Å². The fourth-order valence-corrected chi connectivity index (χ4v) is 2.91. The molecule has 1 aromatic carbocycles. The Balaban J connectivity index is 1.59. The van der Waals surface area contributed by atoms with Crippen LogP contribution >= 0.6 is 0 Å². The van der Waals surface area contributed by atoms with E-state index in [0.717, 1.165) is 5.56 Å². The molecule has 0 bridgehead atoms. The van der Waals surface area contributed by atoms with Crippen molar-refractivity contribution in [2.24, 2.45) is 10.2 Å². The van der Waals surface area contributed by atoms with Gasteiger partial charge in [0.05, 0.1) is 18.5 Å². The second kappa shape index (κ2) is 6.99. The maximum Gasteiger partial charge on any atom is 0.254 e. The second-order valence-electron chi connectivity index (χ2n) is 6.12. The van der Waals surface area contributed by atoms with Gasteiger partial charge in [0.2, 0.25) is 0 Å². The molecule has 5 aromatic rings. The predicted molar refractivity (Wildman–Crippen MR) is 105 cm³/mol. The molecule has 0 atom stereocenters. The molecular formula is C18H12N12. The lowest BCUT2D eigenvalue weighted by atomic mass is 10.2. The van der Waals surface area contributed by atoms with Crippen molar-refractivity contribution in [1.29, 1.82) is 0 Å². The fourth-order valence-electron chi connectivity index (χ4n) is 2.91. The number of benzene rings is 1. The maximum absolute atomic E-state index is 7.37. The molecule has 0 fully saturated rings. The van der Waals surface area contributed by atoms with Gasteiger partial charge in [-0.1, -0.05) is 30.3 Å². The van der Waals surface area contributed by atoms with Gasteiger partial charge in [-0.25, -0.2) is 9.83 Å². The molecule has 0 saturated heterocycles. The molecule has 0 radical (unpaired) electrons. The molecule has 5 rings (SSSR count). The summed E-state index contributed by atoms with van der Waals surface area (Å²) in [4.78, 5) is 15.3. The summed E-state index contributed by atoms with van der Waals surface area (Å²) in [5.41, 5.74) is 2.88. The van der Waals surface area contributed by atoms with Crippen LogP contribution < -0.4 is 0 Å². The number of fused-ring (bicyclic) bond motifs is 1. The van der Waals surface area contributed by atoms with Crippen LogP contribution in [0.15, 0.2) is 59.4 Å². The van der Waals surface area contributed by atoms with E-state index in [2.05, 4.69) is 50.4 Å². The van der Waals surface area contributed by atoms with E-state index in [0.29, 0.717) is 22.9 Å². The van der Waals surface area contributed by atoms with Gasteiger partial charge in [0.25, 0.3) is 11.6 Å². The van der Waals surface area contributed by atoms with Crippen LogP contribution in [0, 0.1) is 13.5 Å². The van der Waals surface area contributed by atoms with E-state index in [1.165, 1.54) is 23.5 Å². The van der Waals surface area contributed by atoms with Gasteiger partial charge in [-0.15, -0.1) is 10.2 Å². The van der Waals surface area contributed by atoms with E-state index in [-0.39, 0.29) is 17.5 Å². The lowest BCUT2D eigenvalue weighted by molar-refractivity contribution is 0.791. The molecule has 0 spiro atoms. The topological polar surface area (TPSA) is 132 Å². The van der Waals surface area contributed by atoms with Crippen molar-refractivity contribution in [2.45, 2.75) is 6.92 Å². The molecule has 30 heavy (non-hydrogen) atoms. The molecule has 12 nitrogen and oxygen atoms in total. The summed E-state index contributed by atoms with van der Waals surface area (Å²) in [5.74, 6) is 1.10. The number of aromatic nitrogens is 9. The molecule has 12 heteroatoms. The second-order valence-corrected chi connectivity index (χ2v) is 6.12. The van der Waals surface area contributed by atoms with Crippen molar-refractivity contribution >= 4 is 22.8 Å². The van der Waals surface area contributed by atoms with Crippen LogP contribution in [0.1, 0.15) is 5.69 Å². The molecule has 0 aliphatic heterocycles. The lowest BCUT2D eigenvalue weighted by Crippen LogP contribution is -2.01. The van der Waals surface area contributed by atoms with Crippen molar-refractivity contribution in [3.8, 4) is 17.3 Å². The molecule has 0 aliphatic carbocycles. The third kappa shape index (κ3) is 2.78. The summed E-state index contributed by atoms with van der Waals surface area (Å²) in [6.45, 7) is 9.19. The van der Waals surface area contributed by atoms with Crippen LogP contribution in [0.4, 0.5) is 17.2 Å². The first-order valence-electron chi connectivity index (χ1n) is 8.75. The number of hydrogen-bond donors (Lipinski definition) is 1. The quantitative estimate of drug-likeness (QED) is 0.366. The van der Waals surface area contributed by atoms with E-state index in [4.69, 9.17) is 6.57 Å². The fraction of sp³-hybridized carbons (Fsp3) is 0.0556. The SMILES string of the molecule is [C-]#[N+]c1cnn(-c2ncncn2)c1/N=N/c1c(C)nn2c(-c3ccccc3)n[nH]c12. The van der Waals surface area contributed by atoms with Gasteiger partial charge in [-0.05, 0) is 6.92 Å². The first-order valence-corrected chi connectivity index (χ1v) is 8.75. The molecule has 4 heterocycles. The third-order valence-electron chi connectivity index (χ3n) is 4.29. The number of aryl methyl sites for hydroxylation is 1. The summed E-state index contributed by atoms with van der Waals surface area (Å²) in [7, 11) is 0. The van der Waals surface area contributed by atoms with Gasteiger partial charge in [0.15, 0.2) is 23.0 Å². The normalized spacial score (nSPS) is 11.3. The lowest BCUT2D eigenvalue weighted by Gasteiger charge is -2.00. The van der Waals surface area contributed by atoms with Crippen molar-refractivity contribution in [3.63, 3.8) is 0 Å². The summed E-state index contributed by atoms with van der Waals surface area (Å²) >= 11 is 0. The molecular weight excluding hydrogens is 384 g/mol. The standard InChI is InChI=1S/C18H12N12/c1-11-14(17-27-25-15(29(17)28-11)12-6-4-3-5-7-12)24-26-16-13(19-2)8-23-30(16)18-21-9-20-10-22-18/h3-10,27H,1H3/b26-24+. The number of aromatic amines is 1. The summed E-state index contributed by atoms with van der Waals surface area (Å²) in [6.07, 6.45) is 4.06. The van der Waals surface area contributed by atoms with Crippen LogP contribution in [-0.2, 0) is 0 Å². The Labute approximate surface area is 168 Å². The minimum atomic E-state index is 0.206. The average Bonchev–Trinajstić information content (AvgIpc) is 3.47. The smallest absolute Gasteiger partial charge is 0.254 e. The van der Waals surface area contributed by atoms with Crippen LogP contribution in [0.2, 0.25) is 0 Å². The summed E-state index contributed by atoms with van der Waals surface area (Å²) in [5, 5.41) is 24.6. The number of rotatable bonds is 4. The first kappa shape index (κ1) is 17.3. The highest BCUT2D eigenvalue weighted by Crippen LogP contribution is 2.33. The van der Waals surface area contributed by atoms with Crippen LogP contribution in [0.5, 0.6) is 0 Å². The third-order valence-corrected chi connectivity index (χ3v) is 4.29. The average molecular weight is 396 g/mol. The summed E-state index contributed by atoms with van der Waals surface area (Å²) < 4.78 is 3.01. The zero-order chi connectivity index (χ0) is 20.5. The maximum atomic E-state index is 7.37. The Morgan fingerprint density at radius 1 is 1.10 bits per heavy atom. The zero-order valence-corrected chi connectivity index (χ0v) is 15.5. The Bertz CT molecular complexity index is 1400. The van der Waals surface area contributed by atoms with Gasteiger partial charge in [0.1, 0.15) is 12.7 Å². The predicted octanol–water partition coefficient (Wildman–Crippen LogP) is 3.37. The van der Waals surface area contributed by atoms with E-state index < -0.39 is 0 Å². The van der Waals surface area contributed by atoms with Gasteiger partial charge >= 0.3 is 0 Å². The van der Waals surface area contributed by atoms with E-state index in [1.54, 1.807) is 4.52 Å². The molecule has 0 aliphatic rings. The highest BCUT2D eigenvalue weighted by molar-refractivity contribution is 5.71. The molecule has 144 valence electrons. The number of nitrogens with one attached hydrogen (secondary N) is 1. The van der Waals surface area contributed by atoms with Crippen molar-refractivity contribution in [3.05, 3.63) is 66.3 Å². The number of hydrogen-bond acceptors (Lipinski definition) is 8. The molecule has 0 amide bonds.